The monoisotopic (exact) mass is 287 g/mol. The van der Waals surface area contributed by atoms with E-state index in [1.807, 2.05) is 30.3 Å². The Kier molecular flexibility index (Phi) is 5.19. The van der Waals surface area contributed by atoms with Gasteiger partial charge in [-0.3, -0.25) is 4.79 Å². The number of carbonyl (C=O) groups excluding carboxylic acids is 1. The first-order valence-corrected chi connectivity index (χ1v) is 7.17. The van der Waals surface area contributed by atoms with Gasteiger partial charge in [-0.15, -0.1) is 0 Å². The van der Waals surface area contributed by atoms with Gasteiger partial charge < -0.3 is 5.32 Å². The molecule has 1 atom stereocenters. The van der Waals surface area contributed by atoms with Crippen LogP contribution in [-0.4, -0.2) is 12.5 Å². The van der Waals surface area contributed by atoms with Gasteiger partial charge in [-0.05, 0) is 24.1 Å². The van der Waals surface area contributed by atoms with Gasteiger partial charge in [-0.25, -0.2) is 0 Å². The molecule has 0 saturated carbocycles. The number of carbonyl (C=O) groups is 1. The standard InChI is InChI=1S/C17H18ClNO/c1-2-13(14-8-4-3-5-9-14)12-19-17(20)15-10-6-7-11-16(15)18/h3-11,13H,2,12H2,1H3,(H,19,20)/t13-/m0/s1. The molecule has 0 aromatic heterocycles. The molecule has 2 aromatic carbocycles. The van der Waals surface area contributed by atoms with Crippen molar-refractivity contribution >= 4 is 17.5 Å². The number of amides is 1. The first kappa shape index (κ1) is 14.6. The van der Waals surface area contributed by atoms with E-state index in [0.717, 1.165) is 6.42 Å². The normalized spacial score (nSPS) is 11.9. The summed E-state index contributed by atoms with van der Waals surface area (Å²) in [5.41, 5.74) is 1.77. The Balaban J connectivity index is 2.01. The van der Waals surface area contributed by atoms with Gasteiger partial charge in [0, 0.05) is 12.5 Å². The highest BCUT2D eigenvalue weighted by Crippen LogP contribution is 2.19. The minimum Gasteiger partial charge on any atom is -0.351 e. The number of rotatable bonds is 5. The van der Waals surface area contributed by atoms with Gasteiger partial charge in [0.05, 0.1) is 10.6 Å². The molecule has 2 nitrogen and oxygen atoms in total. The third-order valence-electron chi connectivity index (χ3n) is 3.39. The Morgan fingerprint density at radius 1 is 1.10 bits per heavy atom. The lowest BCUT2D eigenvalue weighted by Crippen LogP contribution is -2.28. The molecular formula is C17H18ClNO. The highest BCUT2D eigenvalue weighted by Gasteiger charge is 2.13. The van der Waals surface area contributed by atoms with Crippen molar-refractivity contribution in [3.63, 3.8) is 0 Å². The molecule has 2 rings (SSSR count). The predicted octanol–water partition coefficient (Wildman–Crippen LogP) is 4.26. The van der Waals surface area contributed by atoms with Crippen LogP contribution < -0.4 is 5.32 Å². The van der Waals surface area contributed by atoms with Crippen LogP contribution in [0.4, 0.5) is 0 Å². The highest BCUT2D eigenvalue weighted by atomic mass is 35.5. The summed E-state index contributed by atoms with van der Waals surface area (Å²) in [5.74, 6) is 0.201. The zero-order valence-electron chi connectivity index (χ0n) is 11.5. The fraction of sp³-hybridized carbons (Fsp3) is 0.235. The molecule has 0 aliphatic carbocycles. The van der Waals surface area contributed by atoms with E-state index in [9.17, 15) is 4.79 Å². The SMILES string of the molecule is CC[C@@H](CNC(=O)c1ccccc1Cl)c1ccccc1. The third-order valence-corrected chi connectivity index (χ3v) is 3.72. The second-order valence-electron chi connectivity index (χ2n) is 4.71. The van der Waals surface area contributed by atoms with Gasteiger partial charge in [0.15, 0.2) is 0 Å². The van der Waals surface area contributed by atoms with Crippen molar-refractivity contribution in [2.45, 2.75) is 19.3 Å². The van der Waals surface area contributed by atoms with Crippen LogP contribution in [0.5, 0.6) is 0 Å². The molecule has 20 heavy (non-hydrogen) atoms. The smallest absolute Gasteiger partial charge is 0.252 e. The number of nitrogens with one attached hydrogen (secondary N) is 1. The van der Waals surface area contributed by atoms with Crippen LogP contribution in [0.2, 0.25) is 5.02 Å². The Bertz CT molecular complexity index is 568. The van der Waals surface area contributed by atoms with Crippen LogP contribution in [-0.2, 0) is 0 Å². The van der Waals surface area contributed by atoms with Crippen molar-refractivity contribution in [2.75, 3.05) is 6.54 Å². The van der Waals surface area contributed by atoms with Gasteiger partial charge >= 0.3 is 0 Å². The summed E-state index contributed by atoms with van der Waals surface area (Å²) < 4.78 is 0. The molecule has 0 unspecified atom stereocenters. The van der Waals surface area contributed by atoms with Crippen molar-refractivity contribution in [2.24, 2.45) is 0 Å². The second kappa shape index (κ2) is 7.11. The van der Waals surface area contributed by atoms with Crippen molar-refractivity contribution < 1.29 is 4.79 Å². The summed E-state index contributed by atoms with van der Waals surface area (Å²) in [7, 11) is 0. The molecule has 0 fully saturated rings. The van der Waals surface area contributed by atoms with Crippen molar-refractivity contribution in [1.29, 1.82) is 0 Å². The molecule has 0 aliphatic heterocycles. The summed E-state index contributed by atoms with van der Waals surface area (Å²) in [4.78, 5) is 12.1. The Morgan fingerprint density at radius 2 is 1.75 bits per heavy atom. The Hall–Kier alpha value is -1.80. The van der Waals surface area contributed by atoms with E-state index in [4.69, 9.17) is 11.6 Å². The summed E-state index contributed by atoms with van der Waals surface area (Å²) in [6.07, 6.45) is 0.979. The summed E-state index contributed by atoms with van der Waals surface area (Å²) >= 11 is 6.02. The maximum absolute atomic E-state index is 12.1. The van der Waals surface area contributed by atoms with Gasteiger partial charge in [-0.1, -0.05) is 61.0 Å². The molecule has 3 heteroatoms. The minimum absolute atomic E-state index is 0.120. The largest absolute Gasteiger partial charge is 0.351 e. The summed E-state index contributed by atoms with van der Waals surface area (Å²) in [6.45, 7) is 2.74. The summed E-state index contributed by atoms with van der Waals surface area (Å²) in [6, 6.07) is 17.3. The van der Waals surface area contributed by atoms with Gasteiger partial charge in [0.2, 0.25) is 0 Å². The van der Waals surface area contributed by atoms with Crippen LogP contribution >= 0.6 is 11.6 Å². The first-order chi connectivity index (χ1) is 9.72. The van der Waals surface area contributed by atoms with Crippen LogP contribution in [0.15, 0.2) is 54.6 Å². The number of benzene rings is 2. The average molecular weight is 288 g/mol. The fourth-order valence-corrected chi connectivity index (χ4v) is 2.40. The lowest BCUT2D eigenvalue weighted by atomic mass is 9.96. The molecule has 0 spiro atoms. The van der Waals surface area contributed by atoms with Crippen molar-refractivity contribution in [3.05, 3.63) is 70.7 Å². The lowest BCUT2D eigenvalue weighted by Gasteiger charge is -2.16. The Morgan fingerprint density at radius 3 is 2.40 bits per heavy atom. The average Bonchev–Trinajstić information content (AvgIpc) is 2.49. The lowest BCUT2D eigenvalue weighted by molar-refractivity contribution is 0.0951. The zero-order valence-corrected chi connectivity index (χ0v) is 12.2. The maximum atomic E-state index is 12.1. The molecule has 1 amide bonds. The molecule has 0 bridgehead atoms. The van der Waals surface area contributed by atoms with Crippen LogP contribution in [0.1, 0.15) is 35.2 Å². The summed E-state index contributed by atoms with van der Waals surface area (Å²) in [5, 5.41) is 3.45. The number of hydrogen-bond donors (Lipinski definition) is 1. The third kappa shape index (κ3) is 3.61. The van der Waals surface area contributed by atoms with Crippen LogP contribution in [0.25, 0.3) is 0 Å². The highest BCUT2D eigenvalue weighted by molar-refractivity contribution is 6.33. The van der Waals surface area contributed by atoms with E-state index in [0.29, 0.717) is 23.0 Å². The van der Waals surface area contributed by atoms with E-state index in [-0.39, 0.29) is 5.91 Å². The molecule has 0 aliphatic rings. The van der Waals surface area contributed by atoms with Gasteiger partial charge in [0.1, 0.15) is 0 Å². The van der Waals surface area contributed by atoms with E-state index in [1.165, 1.54) is 5.56 Å². The number of hydrogen-bond acceptors (Lipinski definition) is 1. The molecule has 2 aromatic rings. The molecule has 0 radical (unpaired) electrons. The van der Waals surface area contributed by atoms with E-state index in [1.54, 1.807) is 12.1 Å². The van der Waals surface area contributed by atoms with E-state index >= 15 is 0 Å². The topological polar surface area (TPSA) is 29.1 Å². The van der Waals surface area contributed by atoms with Crippen molar-refractivity contribution in [3.8, 4) is 0 Å². The zero-order chi connectivity index (χ0) is 14.4. The van der Waals surface area contributed by atoms with Crippen LogP contribution in [0, 0.1) is 0 Å². The molecule has 104 valence electrons. The van der Waals surface area contributed by atoms with E-state index < -0.39 is 0 Å². The van der Waals surface area contributed by atoms with Gasteiger partial charge in [0.25, 0.3) is 5.91 Å². The molecule has 1 N–H and O–H groups in total. The Labute approximate surface area is 124 Å². The van der Waals surface area contributed by atoms with E-state index in [2.05, 4.69) is 24.4 Å². The first-order valence-electron chi connectivity index (χ1n) is 6.80. The maximum Gasteiger partial charge on any atom is 0.252 e. The fourth-order valence-electron chi connectivity index (χ4n) is 2.18. The van der Waals surface area contributed by atoms with Crippen molar-refractivity contribution in [1.82, 2.24) is 5.32 Å². The van der Waals surface area contributed by atoms with Gasteiger partial charge in [-0.2, -0.15) is 0 Å². The quantitative estimate of drug-likeness (QED) is 0.874. The second-order valence-corrected chi connectivity index (χ2v) is 5.11. The predicted molar refractivity (Wildman–Crippen MR) is 83.3 cm³/mol. The molecule has 0 heterocycles. The minimum atomic E-state index is -0.120. The van der Waals surface area contributed by atoms with Crippen LogP contribution in [0.3, 0.4) is 0 Å². The number of halogens is 1. The molecule has 0 saturated heterocycles. The molecular weight excluding hydrogens is 270 g/mol.